The molecule has 0 N–H and O–H groups in total. The van der Waals surface area contributed by atoms with Crippen molar-refractivity contribution in [3.8, 4) is 11.5 Å². The molecule has 1 fully saturated rings. The Morgan fingerprint density at radius 1 is 1.00 bits per heavy atom. The van der Waals surface area contributed by atoms with Crippen molar-refractivity contribution >= 4 is 5.91 Å². The standard InChI is InChI=1S/C19H19N3O3/c23-19(17-7-4-12-24-17)22-10-8-21(9-11-22)13-16-14-25-18(20-16)15-5-2-1-3-6-15/h1-7,12,14H,8-11,13H2. The highest BCUT2D eigenvalue weighted by molar-refractivity contribution is 5.91. The molecule has 2 aromatic heterocycles. The monoisotopic (exact) mass is 337 g/mol. The number of carbonyl (C=O) groups is 1. The van der Waals surface area contributed by atoms with Crippen molar-refractivity contribution in [3.63, 3.8) is 0 Å². The van der Waals surface area contributed by atoms with E-state index in [9.17, 15) is 4.79 Å². The zero-order valence-electron chi connectivity index (χ0n) is 13.8. The molecule has 4 rings (SSSR count). The van der Waals surface area contributed by atoms with Gasteiger partial charge >= 0.3 is 0 Å². The summed E-state index contributed by atoms with van der Waals surface area (Å²) in [6.45, 7) is 3.70. The summed E-state index contributed by atoms with van der Waals surface area (Å²) >= 11 is 0. The number of carbonyl (C=O) groups excluding carboxylic acids is 1. The number of piperazine rings is 1. The summed E-state index contributed by atoms with van der Waals surface area (Å²) < 4.78 is 10.8. The molecule has 6 nitrogen and oxygen atoms in total. The van der Waals surface area contributed by atoms with Crippen molar-refractivity contribution in [1.82, 2.24) is 14.8 Å². The third kappa shape index (κ3) is 3.49. The lowest BCUT2D eigenvalue weighted by molar-refractivity contribution is 0.0596. The van der Waals surface area contributed by atoms with Crippen LogP contribution in [-0.4, -0.2) is 46.9 Å². The molecule has 0 unspecified atom stereocenters. The largest absolute Gasteiger partial charge is 0.459 e. The van der Waals surface area contributed by atoms with Crippen LogP contribution in [0.2, 0.25) is 0 Å². The number of oxazole rings is 1. The molecule has 0 aliphatic carbocycles. The number of hydrogen-bond acceptors (Lipinski definition) is 5. The Bertz CT molecular complexity index is 819. The minimum atomic E-state index is -0.0440. The average Bonchev–Trinajstić information content (AvgIpc) is 3.35. The van der Waals surface area contributed by atoms with E-state index >= 15 is 0 Å². The second-order valence-electron chi connectivity index (χ2n) is 6.06. The van der Waals surface area contributed by atoms with E-state index in [0.29, 0.717) is 24.7 Å². The van der Waals surface area contributed by atoms with Crippen LogP contribution in [0, 0.1) is 0 Å². The highest BCUT2D eigenvalue weighted by Gasteiger charge is 2.24. The van der Waals surface area contributed by atoms with Crippen molar-refractivity contribution in [1.29, 1.82) is 0 Å². The minimum Gasteiger partial charge on any atom is -0.459 e. The first kappa shape index (κ1) is 15.7. The van der Waals surface area contributed by atoms with Crippen LogP contribution in [0.3, 0.4) is 0 Å². The maximum Gasteiger partial charge on any atom is 0.289 e. The topological polar surface area (TPSA) is 62.7 Å². The van der Waals surface area contributed by atoms with Gasteiger partial charge in [0.2, 0.25) is 5.89 Å². The molecule has 0 radical (unpaired) electrons. The quantitative estimate of drug-likeness (QED) is 0.732. The number of amides is 1. The van der Waals surface area contributed by atoms with Gasteiger partial charge in [0.1, 0.15) is 6.26 Å². The zero-order chi connectivity index (χ0) is 17.1. The Kier molecular flexibility index (Phi) is 4.35. The Hall–Kier alpha value is -2.86. The lowest BCUT2D eigenvalue weighted by atomic mass is 10.2. The van der Waals surface area contributed by atoms with Gasteiger partial charge in [-0.1, -0.05) is 18.2 Å². The van der Waals surface area contributed by atoms with Crippen LogP contribution in [0.5, 0.6) is 0 Å². The fourth-order valence-corrected chi connectivity index (χ4v) is 2.99. The average molecular weight is 337 g/mol. The van der Waals surface area contributed by atoms with Crippen LogP contribution in [-0.2, 0) is 6.54 Å². The van der Waals surface area contributed by atoms with Crippen LogP contribution in [0.15, 0.2) is 63.8 Å². The summed E-state index contributed by atoms with van der Waals surface area (Å²) in [6, 6.07) is 13.3. The van der Waals surface area contributed by atoms with E-state index in [-0.39, 0.29) is 5.91 Å². The predicted molar refractivity (Wildman–Crippen MR) is 91.8 cm³/mol. The molecular weight excluding hydrogens is 318 g/mol. The van der Waals surface area contributed by atoms with Crippen LogP contribution in [0.25, 0.3) is 11.5 Å². The summed E-state index contributed by atoms with van der Waals surface area (Å²) in [5, 5.41) is 0. The molecule has 0 bridgehead atoms. The second-order valence-corrected chi connectivity index (χ2v) is 6.06. The summed E-state index contributed by atoms with van der Waals surface area (Å²) in [7, 11) is 0. The van der Waals surface area contributed by atoms with E-state index < -0.39 is 0 Å². The van der Waals surface area contributed by atoms with Gasteiger partial charge in [-0.25, -0.2) is 4.98 Å². The molecule has 1 amide bonds. The first-order valence-electron chi connectivity index (χ1n) is 8.34. The highest BCUT2D eigenvalue weighted by atomic mass is 16.3. The van der Waals surface area contributed by atoms with Gasteiger partial charge in [-0.2, -0.15) is 0 Å². The number of hydrogen-bond donors (Lipinski definition) is 0. The predicted octanol–water partition coefficient (Wildman–Crippen LogP) is 2.89. The van der Waals surface area contributed by atoms with Gasteiger partial charge in [0.25, 0.3) is 5.91 Å². The van der Waals surface area contributed by atoms with E-state index in [0.717, 1.165) is 30.9 Å². The molecule has 1 aliphatic rings. The van der Waals surface area contributed by atoms with E-state index in [2.05, 4.69) is 9.88 Å². The Morgan fingerprint density at radius 2 is 1.80 bits per heavy atom. The smallest absolute Gasteiger partial charge is 0.289 e. The van der Waals surface area contributed by atoms with Crippen molar-refractivity contribution in [3.05, 3.63) is 66.4 Å². The Balaban J connectivity index is 1.33. The zero-order valence-corrected chi connectivity index (χ0v) is 13.8. The van der Waals surface area contributed by atoms with Crippen LogP contribution in [0.1, 0.15) is 16.2 Å². The molecule has 0 atom stereocenters. The van der Waals surface area contributed by atoms with Crippen LogP contribution >= 0.6 is 0 Å². The summed E-state index contributed by atoms with van der Waals surface area (Å²) in [5.41, 5.74) is 1.88. The van der Waals surface area contributed by atoms with Gasteiger partial charge in [-0.05, 0) is 24.3 Å². The number of rotatable bonds is 4. The first-order chi connectivity index (χ1) is 12.3. The van der Waals surface area contributed by atoms with E-state index in [4.69, 9.17) is 8.83 Å². The molecule has 3 heterocycles. The lowest BCUT2D eigenvalue weighted by Gasteiger charge is -2.33. The van der Waals surface area contributed by atoms with Gasteiger partial charge in [-0.3, -0.25) is 9.69 Å². The molecule has 1 aromatic carbocycles. The maximum absolute atomic E-state index is 12.3. The maximum atomic E-state index is 12.3. The van der Waals surface area contributed by atoms with E-state index in [1.165, 1.54) is 6.26 Å². The van der Waals surface area contributed by atoms with Crippen molar-refractivity contribution in [2.75, 3.05) is 26.2 Å². The number of aromatic nitrogens is 1. The number of benzene rings is 1. The Labute approximate surface area is 145 Å². The molecule has 0 saturated carbocycles. The van der Waals surface area contributed by atoms with Gasteiger partial charge in [0.05, 0.1) is 12.0 Å². The molecular formula is C19H19N3O3. The van der Waals surface area contributed by atoms with E-state index in [1.54, 1.807) is 18.4 Å². The van der Waals surface area contributed by atoms with Gasteiger partial charge in [-0.15, -0.1) is 0 Å². The summed E-state index contributed by atoms with van der Waals surface area (Å²) in [6.07, 6.45) is 3.24. The molecule has 6 heteroatoms. The minimum absolute atomic E-state index is 0.0440. The van der Waals surface area contributed by atoms with Crippen molar-refractivity contribution in [2.24, 2.45) is 0 Å². The molecule has 25 heavy (non-hydrogen) atoms. The van der Waals surface area contributed by atoms with Crippen LogP contribution < -0.4 is 0 Å². The fraction of sp³-hybridized carbons (Fsp3) is 0.263. The number of nitrogens with zero attached hydrogens (tertiary/aromatic N) is 3. The van der Waals surface area contributed by atoms with Crippen LogP contribution in [0.4, 0.5) is 0 Å². The first-order valence-corrected chi connectivity index (χ1v) is 8.34. The fourth-order valence-electron chi connectivity index (χ4n) is 2.99. The van der Waals surface area contributed by atoms with E-state index in [1.807, 2.05) is 35.2 Å². The SMILES string of the molecule is O=C(c1ccco1)N1CCN(Cc2coc(-c3ccccc3)n2)CC1. The molecule has 3 aromatic rings. The normalized spacial score (nSPS) is 15.4. The lowest BCUT2D eigenvalue weighted by Crippen LogP contribution is -2.48. The van der Waals surface area contributed by atoms with Crippen molar-refractivity contribution in [2.45, 2.75) is 6.54 Å². The van der Waals surface area contributed by atoms with Crippen molar-refractivity contribution < 1.29 is 13.6 Å². The molecule has 0 spiro atoms. The van der Waals surface area contributed by atoms with Gasteiger partial charge in [0, 0.05) is 38.3 Å². The third-order valence-electron chi connectivity index (χ3n) is 4.35. The van der Waals surface area contributed by atoms with Gasteiger partial charge in [0.15, 0.2) is 5.76 Å². The Morgan fingerprint density at radius 3 is 2.52 bits per heavy atom. The molecule has 1 saturated heterocycles. The second kappa shape index (κ2) is 6.94. The highest BCUT2D eigenvalue weighted by Crippen LogP contribution is 2.19. The number of furan rings is 1. The third-order valence-corrected chi connectivity index (χ3v) is 4.35. The van der Waals surface area contributed by atoms with Gasteiger partial charge < -0.3 is 13.7 Å². The molecule has 1 aliphatic heterocycles. The summed E-state index contributed by atoms with van der Waals surface area (Å²) in [4.78, 5) is 20.9. The molecule has 128 valence electrons. The summed E-state index contributed by atoms with van der Waals surface area (Å²) in [5.74, 6) is 0.997.